The first-order valence-electron chi connectivity index (χ1n) is 7.39. The summed E-state index contributed by atoms with van der Waals surface area (Å²) in [7, 11) is 0. The molecule has 0 aliphatic rings. The van der Waals surface area contributed by atoms with Crippen LogP contribution in [0, 0.1) is 5.41 Å². The van der Waals surface area contributed by atoms with Crippen LogP contribution in [-0.4, -0.2) is 12.1 Å². The van der Waals surface area contributed by atoms with Crippen LogP contribution in [0.4, 0.5) is 0 Å². The smallest absolute Gasteiger partial charge is 0.119 e. The van der Waals surface area contributed by atoms with Gasteiger partial charge in [-0.2, -0.15) is 0 Å². The van der Waals surface area contributed by atoms with Gasteiger partial charge < -0.3 is 10.1 Å². The number of benzene rings is 1. The fourth-order valence-corrected chi connectivity index (χ4v) is 2.71. The molecule has 0 spiro atoms. The Hall–Kier alpha value is -1.28. The highest BCUT2D eigenvalue weighted by Gasteiger charge is 2.28. The van der Waals surface area contributed by atoms with E-state index in [0.717, 1.165) is 12.3 Å². The molecule has 0 fully saturated rings. The molecule has 112 valence electrons. The van der Waals surface area contributed by atoms with Gasteiger partial charge in [-0.15, -0.1) is 0 Å². The van der Waals surface area contributed by atoms with Crippen molar-refractivity contribution in [2.75, 3.05) is 6.61 Å². The summed E-state index contributed by atoms with van der Waals surface area (Å²) in [4.78, 5) is 0. The molecule has 1 aromatic carbocycles. The van der Waals surface area contributed by atoms with Crippen LogP contribution in [0.1, 0.15) is 46.6 Å². The van der Waals surface area contributed by atoms with E-state index in [1.54, 1.807) is 6.08 Å². The van der Waals surface area contributed by atoms with Gasteiger partial charge in [0.25, 0.3) is 0 Å². The number of hydrogen-bond acceptors (Lipinski definition) is 1. The van der Waals surface area contributed by atoms with Gasteiger partial charge in [0.1, 0.15) is 18.9 Å². The van der Waals surface area contributed by atoms with Gasteiger partial charge in [-0.3, -0.25) is 0 Å². The molecule has 1 aromatic rings. The largest absolute Gasteiger partial charge is 0.490 e. The fourth-order valence-electron chi connectivity index (χ4n) is 2.71. The van der Waals surface area contributed by atoms with Crippen LogP contribution in [0.25, 0.3) is 0 Å². The monoisotopic (exact) mass is 276 g/mol. The van der Waals surface area contributed by atoms with E-state index in [0.29, 0.717) is 12.0 Å². The van der Waals surface area contributed by atoms with Gasteiger partial charge in [0.05, 0.1) is 5.54 Å². The van der Waals surface area contributed by atoms with Crippen molar-refractivity contribution in [2.24, 2.45) is 5.41 Å². The van der Waals surface area contributed by atoms with Crippen molar-refractivity contribution >= 4 is 0 Å². The highest BCUT2D eigenvalue weighted by molar-refractivity contribution is 5.26. The highest BCUT2D eigenvalue weighted by Crippen LogP contribution is 2.24. The molecule has 0 atom stereocenters. The van der Waals surface area contributed by atoms with Crippen molar-refractivity contribution in [2.45, 2.75) is 53.1 Å². The van der Waals surface area contributed by atoms with E-state index in [1.807, 2.05) is 12.1 Å². The molecule has 2 N–H and O–H groups in total. The lowest BCUT2D eigenvalue weighted by Gasteiger charge is -2.30. The van der Waals surface area contributed by atoms with E-state index in [2.05, 4.69) is 58.6 Å². The van der Waals surface area contributed by atoms with Crippen molar-refractivity contribution in [3.63, 3.8) is 0 Å². The SMILES string of the molecule is C=CCOc1ccc(C[NH2+]C(C)(C)CC(C)(C)C)cc1. The molecule has 2 nitrogen and oxygen atoms in total. The molecule has 0 bridgehead atoms. The predicted molar refractivity (Wildman–Crippen MR) is 85.9 cm³/mol. The van der Waals surface area contributed by atoms with Crippen molar-refractivity contribution in [3.8, 4) is 5.75 Å². The maximum Gasteiger partial charge on any atom is 0.119 e. The van der Waals surface area contributed by atoms with E-state index in [-0.39, 0.29) is 5.54 Å². The van der Waals surface area contributed by atoms with Gasteiger partial charge in [0, 0.05) is 12.0 Å². The number of hydrogen-bond donors (Lipinski definition) is 1. The lowest BCUT2D eigenvalue weighted by atomic mass is 9.82. The summed E-state index contributed by atoms with van der Waals surface area (Å²) in [5.41, 5.74) is 1.96. The second kappa shape index (κ2) is 6.94. The van der Waals surface area contributed by atoms with Crippen LogP contribution in [0.15, 0.2) is 36.9 Å². The molecule has 1 rings (SSSR count). The van der Waals surface area contributed by atoms with E-state index < -0.39 is 0 Å². The molecule has 2 heteroatoms. The molecule has 0 aliphatic carbocycles. The zero-order chi connectivity index (χ0) is 15.2. The molecule has 0 aromatic heterocycles. The van der Waals surface area contributed by atoms with E-state index in [9.17, 15) is 0 Å². The van der Waals surface area contributed by atoms with Crippen LogP contribution in [-0.2, 0) is 6.54 Å². The number of nitrogens with two attached hydrogens (primary N) is 1. The quantitative estimate of drug-likeness (QED) is 0.757. The normalized spacial score (nSPS) is 12.2. The Balaban J connectivity index is 2.50. The Bertz CT molecular complexity index is 412. The summed E-state index contributed by atoms with van der Waals surface area (Å²) in [5, 5.41) is 2.43. The van der Waals surface area contributed by atoms with E-state index >= 15 is 0 Å². The van der Waals surface area contributed by atoms with Gasteiger partial charge in [-0.05, 0) is 43.5 Å². The second-order valence-corrected chi connectivity index (χ2v) is 7.38. The average molecular weight is 276 g/mol. The van der Waals surface area contributed by atoms with Gasteiger partial charge in [-0.1, -0.05) is 33.4 Å². The molecule has 0 heterocycles. The van der Waals surface area contributed by atoms with Crippen LogP contribution < -0.4 is 10.1 Å². The summed E-state index contributed by atoms with van der Waals surface area (Å²) in [6, 6.07) is 8.34. The lowest BCUT2D eigenvalue weighted by molar-refractivity contribution is -0.737. The van der Waals surface area contributed by atoms with Crippen molar-refractivity contribution in [1.29, 1.82) is 0 Å². The van der Waals surface area contributed by atoms with Crippen LogP contribution in [0.5, 0.6) is 5.75 Å². The second-order valence-electron chi connectivity index (χ2n) is 7.38. The Labute approximate surface area is 124 Å². The average Bonchev–Trinajstić information content (AvgIpc) is 2.32. The molecule has 0 unspecified atom stereocenters. The minimum atomic E-state index is 0.260. The van der Waals surface area contributed by atoms with E-state index in [4.69, 9.17) is 4.74 Å². The molecule has 20 heavy (non-hydrogen) atoms. The van der Waals surface area contributed by atoms with Crippen molar-refractivity contribution in [1.82, 2.24) is 0 Å². The maximum absolute atomic E-state index is 5.49. The number of rotatable bonds is 7. The third-order valence-corrected chi connectivity index (χ3v) is 3.17. The Kier molecular flexibility index (Phi) is 5.82. The topological polar surface area (TPSA) is 25.8 Å². The molecule has 0 saturated carbocycles. The van der Waals surface area contributed by atoms with Crippen molar-refractivity contribution < 1.29 is 10.1 Å². The Morgan fingerprint density at radius 2 is 1.70 bits per heavy atom. The minimum absolute atomic E-state index is 0.260. The number of quaternary nitrogens is 1. The van der Waals surface area contributed by atoms with Gasteiger partial charge >= 0.3 is 0 Å². The molecule has 0 radical (unpaired) electrons. The maximum atomic E-state index is 5.49. The summed E-state index contributed by atoms with van der Waals surface area (Å²) in [6.45, 7) is 16.8. The zero-order valence-corrected chi connectivity index (χ0v) is 13.7. The first kappa shape index (κ1) is 16.8. The van der Waals surface area contributed by atoms with Crippen LogP contribution in [0.2, 0.25) is 0 Å². The van der Waals surface area contributed by atoms with Gasteiger partial charge in [0.15, 0.2) is 0 Å². The first-order chi connectivity index (χ1) is 9.22. The van der Waals surface area contributed by atoms with Gasteiger partial charge in [0.2, 0.25) is 0 Å². The molecular formula is C18H30NO+. The Morgan fingerprint density at radius 1 is 1.10 bits per heavy atom. The summed E-state index contributed by atoms with van der Waals surface area (Å²) in [5.74, 6) is 0.905. The first-order valence-corrected chi connectivity index (χ1v) is 7.39. The third-order valence-electron chi connectivity index (χ3n) is 3.17. The standard InChI is InChI=1S/C18H29NO/c1-7-12-20-16-10-8-15(9-11-16)13-19-18(5,6)14-17(2,3)4/h7-11,19H,1,12-14H2,2-6H3/p+1. The van der Waals surface area contributed by atoms with Crippen molar-refractivity contribution in [3.05, 3.63) is 42.5 Å². The third kappa shape index (κ3) is 6.76. The lowest BCUT2D eigenvalue weighted by Crippen LogP contribution is -2.94. The summed E-state index contributed by atoms with van der Waals surface area (Å²) in [6.07, 6.45) is 2.96. The van der Waals surface area contributed by atoms with Gasteiger partial charge in [-0.25, -0.2) is 0 Å². The number of ether oxygens (including phenoxy) is 1. The highest BCUT2D eigenvalue weighted by atomic mass is 16.5. The molecular weight excluding hydrogens is 246 g/mol. The predicted octanol–water partition coefficient (Wildman–Crippen LogP) is 3.53. The minimum Gasteiger partial charge on any atom is -0.490 e. The zero-order valence-electron chi connectivity index (χ0n) is 13.7. The molecule has 0 amide bonds. The van der Waals surface area contributed by atoms with Crippen LogP contribution >= 0.6 is 0 Å². The van der Waals surface area contributed by atoms with Crippen LogP contribution in [0.3, 0.4) is 0 Å². The van der Waals surface area contributed by atoms with E-state index in [1.165, 1.54) is 12.0 Å². The molecule has 0 saturated heterocycles. The fraction of sp³-hybridized carbons (Fsp3) is 0.556. The summed E-state index contributed by atoms with van der Waals surface area (Å²) < 4.78 is 5.49. The molecule has 0 aliphatic heterocycles. The summed E-state index contributed by atoms with van der Waals surface area (Å²) >= 11 is 0. The Morgan fingerprint density at radius 3 is 2.20 bits per heavy atom.